The highest BCUT2D eigenvalue weighted by Gasteiger charge is 2.60. The average molecular weight is 445 g/mol. The number of nitro groups is 1. The highest BCUT2D eigenvalue weighted by molar-refractivity contribution is 6.23. The van der Waals surface area contributed by atoms with Gasteiger partial charge >= 0.3 is 0 Å². The normalized spacial score (nSPS) is 21.9. The summed E-state index contributed by atoms with van der Waals surface area (Å²) in [6.45, 7) is 0. The number of carbonyl (C=O) groups excluding carboxylic acids is 2. The number of imide groups is 1. The number of hydrogen-bond acceptors (Lipinski definition) is 7. The van der Waals surface area contributed by atoms with E-state index in [9.17, 15) is 19.7 Å². The number of ether oxygens (including phenoxy) is 1. The zero-order valence-electron chi connectivity index (χ0n) is 17.5. The molecule has 2 heterocycles. The number of non-ortho nitro benzene ring substituents is 1. The standard InChI is InChI=1S/C24H19N3O6/c1-32-19-12-5-7-15(13-19)21-20-22(24(29)25(23(20)28)16-8-3-2-4-9-16)33-26(21)17-10-6-11-18(14-17)27(30)31/h2-14,20-22H,1H3/t20-,21+,22+/m1/s1. The minimum atomic E-state index is -1.06. The highest BCUT2D eigenvalue weighted by Crippen LogP contribution is 2.48. The summed E-state index contributed by atoms with van der Waals surface area (Å²) in [5, 5.41) is 12.7. The molecule has 0 N–H and O–H groups in total. The number of para-hydroxylation sites is 1. The molecule has 166 valence electrons. The van der Waals surface area contributed by atoms with Crippen molar-refractivity contribution in [1.82, 2.24) is 0 Å². The lowest BCUT2D eigenvalue weighted by molar-refractivity contribution is -0.384. The molecule has 3 aromatic rings. The summed E-state index contributed by atoms with van der Waals surface area (Å²) in [5.74, 6) is -1.13. The van der Waals surface area contributed by atoms with Crippen molar-refractivity contribution in [2.24, 2.45) is 5.92 Å². The predicted molar refractivity (Wildman–Crippen MR) is 119 cm³/mol. The van der Waals surface area contributed by atoms with Crippen LogP contribution in [0.3, 0.4) is 0 Å². The Bertz CT molecular complexity index is 1250. The number of carbonyl (C=O) groups is 2. The molecule has 0 aromatic heterocycles. The van der Waals surface area contributed by atoms with E-state index in [-0.39, 0.29) is 5.69 Å². The van der Waals surface area contributed by atoms with Gasteiger partial charge < -0.3 is 4.74 Å². The maximum Gasteiger partial charge on any atom is 0.271 e. The van der Waals surface area contributed by atoms with E-state index in [1.54, 1.807) is 54.6 Å². The van der Waals surface area contributed by atoms with E-state index in [4.69, 9.17) is 9.57 Å². The SMILES string of the molecule is COc1cccc([C@H]2[C@H]3C(=O)N(c4ccccc4)C(=O)[C@H]3ON2c2cccc([N+](=O)[O-])c2)c1. The molecule has 0 bridgehead atoms. The molecule has 5 rings (SSSR count). The molecule has 0 unspecified atom stereocenters. The van der Waals surface area contributed by atoms with Crippen LogP contribution in [0.4, 0.5) is 17.1 Å². The summed E-state index contributed by atoms with van der Waals surface area (Å²) in [5.41, 5.74) is 1.40. The van der Waals surface area contributed by atoms with Gasteiger partial charge in [0.15, 0.2) is 6.10 Å². The van der Waals surface area contributed by atoms with Crippen molar-refractivity contribution in [3.8, 4) is 5.75 Å². The summed E-state index contributed by atoms with van der Waals surface area (Å²) in [4.78, 5) is 44.8. The van der Waals surface area contributed by atoms with Gasteiger partial charge in [0, 0.05) is 12.1 Å². The highest BCUT2D eigenvalue weighted by atomic mass is 16.7. The van der Waals surface area contributed by atoms with E-state index >= 15 is 0 Å². The van der Waals surface area contributed by atoms with Crippen LogP contribution < -0.4 is 14.7 Å². The first-order chi connectivity index (χ1) is 16.0. The monoisotopic (exact) mass is 445 g/mol. The second-order valence-corrected chi connectivity index (χ2v) is 7.72. The van der Waals surface area contributed by atoms with Crippen molar-refractivity contribution >= 4 is 28.9 Å². The van der Waals surface area contributed by atoms with Crippen LogP contribution in [0, 0.1) is 16.0 Å². The van der Waals surface area contributed by atoms with E-state index < -0.39 is 34.8 Å². The van der Waals surface area contributed by atoms with Crippen molar-refractivity contribution in [2.75, 3.05) is 17.1 Å². The Morgan fingerprint density at radius 1 is 0.909 bits per heavy atom. The molecule has 9 nitrogen and oxygen atoms in total. The molecule has 0 radical (unpaired) electrons. The van der Waals surface area contributed by atoms with Gasteiger partial charge in [-0.15, -0.1) is 0 Å². The third-order valence-corrected chi connectivity index (χ3v) is 5.86. The fourth-order valence-electron chi connectivity index (χ4n) is 4.38. The quantitative estimate of drug-likeness (QED) is 0.336. The van der Waals surface area contributed by atoms with Crippen LogP contribution in [-0.4, -0.2) is 30.0 Å². The zero-order valence-corrected chi connectivity index (χ0v) is 17.5. The fraction of sp³-hybridized carbons (Fsp3) is 0.167. The number of benzene rings is 3. The smallest absolute Gasteiger partial charge is 0.271 e. The Morgan fingerprint density at radius 2 is 1.64 bits per heavy atom. The molecule has 0 spiro atoms. The van der Waals surface area contributed by atoms with Crippen LogP contribution in [-0.2, 0) is 14.4 Å². The average Bonchev–Trinajstić information content (AvgIpc) is 3.35. The Morgan fingerprint density at radius 3 is 2.36 bits per heavy atom. The Balaban J connectivity index is 1.61. The number of anilines is 2. The lowest BCUT2D eigenvalue weighted by Crippen LogP contribution is -2.37. The molecule has 3 atom stereocenters. The van der Waals surface area contributed by atoms with E-state index in [2.05, 4.69) is 0 Å². The van der Waals surface area contributed by atoms with Gasteiger partial charge in [-0.2, -0.15) is 0 Å². The van der Waals surface area contributed by atoms with Gasteiger partial charge in [0.1, 0.15) is 11.7 Å². The van der Waals surface area contributed by atoms with E-state index in [0.717, 1.165) is 4.90 Å². The van der Waals surface area contributed by atoms with Crippen LogP contribution in [0.1, 0.15) is 11.6 Å². The van der Waals surface area contributed by atoms with Crippen molar-refractivity contribution in [3.05, 3.63) is 94.5 Å². The number of nitro benzene ring substituents is 1. The summed E-state index contributed by atoms with van der Waals surface area (Å²) in [7, 11) is 1.53. The Labute approximate surface area is 188 Å². The second kappa shape index (κ2) is 8.03. The number of hydroxylamine groups is 1. The minimum absolute atomic E-state index is 0.124. The fourth-order valence-corrected chi connectivity index (χ4v) is 4.38. The van der Waals surface area contributed by atoms with Crippen molar-refractivity contribution < 1.29 is 24.1 Å². The number of methoxy groups -OCH3 is 1. The molecule has 0 saturated carbocycles. The molecule has 0 aliphatic carbocycles. The largest absolute Gasteiger partial charge is 0.497 e. The first-order valence-electron chi connectivity index (χ1n) is 10.3. The second-order valence-electron chi connectivity index (χ2n) is 7.72. The van der Waals surface area contributed by atoms with Crippen LogP contribution in [0.25, 0.3) is 0 Å². The molecule has 2 fully saturated rings. The third-order valence-electron chi connectivity index (χ3n) is 5.86. The maximum absolute atomic E-state index is 13.5. The Hall–Kier alpha value is -4.24. The number of fused-ring (bicyclic) bond motifs is 1. The van der Waals surface area contributed by atoms with E-state index in [1.165, 1.54) is 30.4 Å². The van der Waals surface area contributed by atoms with Gasteiger partial charge in [-0.25, -0.2) is 9.96 Å². The molecule has 9 heteroatoms. The summed E-state index contributed by atoms with van der Waals surface area (Å²) in [6.07, 6.45) is -1.06. The predicted octanol–water partition coefficient (Wildman–Crippen LogP) is 3.65. The number of amides is 2. The van der Waals surface area contributed by atoms with Crippen LogP contribution >= 0.6 is 0 Å². The first-order valence-corrected chi connectivity index (χ1v) is 10.3. The van der Waals surface area contributed by atoms with Gasteiger partial charge in [-0.1, -0.05) is 36.4 Å². The summed E-state index contributed by atoms with van der Waals surface area (Å²) in [6, 6.07) is 21.0. The number of nitrogens with zero attached hydrogens (tertiary/aromatic N) is 3. The van der Waals surface area contributed by atoms with Gasteiger partial charge in [0.25, 0.3) is 11.6 Å². The minimum Gasteiger partial charge on any atom is -0.497 e. The molecule has 33 heavy (non-hydrogen) atoms. The molecule has 2 aliphatic rings. The number of rotatable bonds is 5. The molecule has 2 aliphatic heterocycles. The molecular weight excluding hydrogens is 426 g/mol. The van der Waals surface area contributed by atoms with E-state index in [0.29, 0.717) is 22.7 Å². The topological polar surface area (TPSA) is 102 Å². The summed E-state index contributed by atoms with van der Waals surface area (Å²) >= 11 is 0. The molecule has 2 amide bonds. The van der Waals surface area contributed by atoms with Gasteiger partial charge in [-0.05, 0) is 35.9 Å². The van der Waals surface area contributed by atoms with Crippen molar-refractivity contribution in [1.29, 1.82) is 0 Å². The lowest BCUT2D eigenvalue weighted by atomic mass is 9.90. The van der Waals surface area contributed by atoms with Crippen LogP contribution in [0.2, 0.25) is 0 Å². The molecule has 2 saturated heterocycles. The first kappa shape index (κ1) is 20.7. The van der Waals surface area contributed by atoms with Gasteiger partial charge in [0.05, 0.1) is 29.4 Å². The lowest BCUT2D eigenvalue weighted by Gasteiger charge is -2.28. The maximum atomic E-state index is 13.5. The molecule has 3 aromatic carbocycles. The van der Waals surface area contributed by atoms with Crippen LogP contribution in [0.5, 0.6) is 5.75 Å². The van der Waals surface area contributed by atoms with Gasteiger partial charge in [-0.3, -0.25) is 24.5 Å². The third kappa shape index (κ3) is 3.39. The number of hydrogen-bond donors (Lipinski definition) is 0. The van der Waals surface area contributed by atoms with Gasteiger partial charge in [0.2, 0.25) is 5.91 Å². The van der Waals surface area contributed by atoms with Crippen molar-refractivity contribution in [2.45, 2.75) is 12.1 Å². The summed E-state index contributed by atoms with van der Waals surface area (Å²) < 4.78 is 5.34. The van der Waals surface area contributed by atoms with Crippen molar-refractivity contribution in [3.63, 3.8) is 0 Å². The zero-order chi connectivity index (χ0) is 23.1. The Kier molecular flexibility index (Phi) is 5.02. The molecular formula is C24H19N3O6. The van der Waals surface area contributed by atoms with Crippen LogP contribution in [0.15, 0.2) is 78.9 Å². The van der Waals surface area contributed by atoms with E-state index in [1.807, 2.05) is 6.07 Å².